The predicted molar refractivity (Wildman–Crippen MR) is 66.7 cm³/mol. The van der Waals surface area contributed by atoms with E-state index in [-0.39, 0.29) is 0 Å². The van der Waals surface area contributed by atoms with Gasteiger partial charge in [0.2, 0.25) is 0 Å². The van der Waals surface area contributed by atoms with Gasteiger partial charge in [-0.1, -0.05) is 12.5 Å². The zero-order valence-electron chi connectivity index (χ0n) is 10.6. The molecule has 3 rings (SSSR count). The summed E-state index contributed by atoms with van der Waals surface area (Å²) in [4.78, 5) is 3.63. The van der Waals surface area contributed by atoms with E-state index in [9.17, 15) is 13.2 Å². The van der Waals surface area contributed by atoms with Crippen molar-refractivity contribution in [1.82, 2.24) is 4.98 Å². The van der Waals surface area contributed by atoms with Crippen molar-refractivity contribution in [2.45, 2.75) is 31.9 Å². The van der Waals surface area contributed by atoms with Gasteiger partial charge in [0.05, 0.1) is 0 Å². The number of pyridine rings is 1. The Labute approximate surface area is 110 Å². The molecule has 0 aromatic carbocycles. The molecular weight excluding hydrogens is 253 g/mol. The van der Waals surface area contributed by atoms with Crippen LogP contribution in [0.2, 0.25) is 0 Å². The Morgan fingerprint density at radius 2 is 2.05 bits per heavy atom. The van der Waals surface area contributed by atoms with Gasteiger partial charge < -0.3 is 5.32 Å². The molecular formula is C14H17F3N2. The van der Waals surface area contributed by atoms with Crippen molar-refractivity contribution in [2.75, 3.05) is 11.9 Å². The molecule has 0 spiro atoms. The van der Waals surface area contributed by atoms with Crippen LogP contribution in [0.3, 0.4) is 0 Å². The van der Waals surface area contributed by atoms with Crippen LogP contribution in [0.25, 0.3) is 0 Å². The third kappa shape index (κ3) is 2.69. The fraction of sp³-hybridized carbons (Fsp3) is 0.643. The SMILES string of the molecule is FC(F)(F)c1cccc(NCC2CC3CCC2C3)n1. The third-order valence-corrected chi connectivity index (χ3v) is 4.47. The number of nitrogens with zero attached hydrogens (tertiary/aromatic N) is 1. The van der Waals surface area contributed by atoms with Crippen LogP contribution in [-0.2, 0) is 6.18 Å². The number of anilines is 1. The van der Waals surface area contributed by atoms with Crippen molar-refractivity contribution in [3.05, 3.63) is 23.9 Å². The van der Waals surface area contributed by atoms with E-state index in [1.54, 1.807) is 6.07 Å². The monoisotopic (exact) mass is 270 g/mol. The van der Waals surface area contributed by atoms with Gasteiger partial charge in [0.25, 0.3) is 0 Å². The van der Waals surface area contributed by atoms with Crippen molar-refractivity contribution in [3.8, 4) is 0 Å². The Morgan fingerprint density at radius 1 is 1.21 bits per heavy atom. The maximum absolute atomic E-state index is 12.5. The molecule has 1 heterocycles. The highest BCUT2D eigenvalue weighted by Gasteiger charge is 2.39. The van der Waals surface area contributed by atoms with Crippen LogP contribution in [0, 0.1) is 17.8 Å². The summed E-state index contributed by atoms with van der Waals surface area (Å²) >= 11 is 0. The van der Waals surface area contributed by atoms with Crippen molar-refractivity contribution >= 4 is 5.82 Å². The lowest BCUT2D eigenvalue weighted by Crippen LogP contribution is -2.21. The summed E-state index contributed by atoms with van der Waals surface area (Å²) in [6.07, 6.45) is 0.777. The second kappa shape index (κ2) is 4.69. The zero-order valence-corrected chi connectivity index (χ0v) is 10.6. The molecule has 5 heteroatoms. The van der Waals surface area contributed by atoms with E-state index in [4.69, 9.17) is 0 Å². The van der Waals surface area contributed by atoms with Crippen LogP contribution < -0.4 is 5.32 Å². The lowest BCUT2D eigenvalue weighted by atomic mass is 9.89. The van der Waals surface area contributed by atoms with Gasteiger partial charge in [0, 0.05) is 6.54 Å². The van der Waals surface area contributed by atoms with Gasteiger partial charge in [-0.15, -0.1) is 0 Å². The first-order valence-electron chi connectivity index (χ1n) is 6.80. The Morgan fingerprint density at radius 3 is 2.68 bits per heavy atom. The van der Waals surface area contributed by atoms with Gasteiger partial charge in [0.1, 0.15) is 11.5 Å². The number of rotatable bonds is 3. The second-order valence-corrected chi connectivity index (χ2v) is 5.72. The summed E-state index contributed by atoms with van der Waals surface area (Å²) in [6, 6.07) is 4.00. The molecule has 0 amide bonds. The van der Waals surface area contributed by atoms with Crippen LogP contribution >= 0.6 is 0 Å². The van der Waals surface area contributed by atoms with Crippen LogP contribution in [0.1, 0.15) is 31.4 Å². The van der Waals surface area contributed by atoms with E-state index in [0.29, 0.717) is 11.7 Å². The molecule has 1 aromatic heterocycles. The molecule has 2 saturated carbocycles. The van der Waals surface area contributed by atoms with E-state index < -0.39 is 11.9 Å². The molecule has 19 heavy (non-hydrogen) atoms. The highest BCUT2D eigenvalue weighted by molar-refractivity contribution is 5.36. The van der Waals surface area contributed by atoms with Crippen LogP contribution in [0.5, 0.6) is 0 Å². The Hall–Kier alpha value is -1.26. The van der Waals surface area contributed by atoms with E-state index in [1.807, 2.05) is 0 Å². The maximum Gasteiger partial charge on any atom is 0.433 e. The molecule has 0 aliphatic heterocycles. The summed E-state index contributed by atoms with van der Waals surface area (Å²) in [5.41, 5.74) is -0.828. The average Bonchev–Trinajstić information content (AvgIpc) is 2.98. The van der Waals surface area contributed by atoms with Crippen molar-refractivity contribution in [3.63, 3.8) is 0 Å². The Kier molecular flexibility index (Phi) is 3.15. The van der Waals surface area contributed by atoms with Gasteiger partial charge in [-0.3, -0.25) is 0 Å². The summed E-state index contributed by atoms with van der Waals surface area (Å²) < 4.78 is 37.6. The standard InChI is InChI=1S/C14H17F3N2/c15-14(16,17)12-2-1-3-13(19-12)18-8-11-7-9-4-5-10(11)6-9/h1-3,9-11H,4-8H2,(H,18,19). The summed E-state index contributed by atoms with van der Waals surface area (Å²) in [5.74, 6) is 2.56. The number of halogens is 3. The van der Waals surface area contributed by atoms with Gasteiger partial charge in [0.15, 0.2) is 0 Å². The third-order valence-electron chi connectivity index (χ3n) is 4.47. The Balaban J connectivity index is 1.61. The minimum Gasteiger partial charge on any atom is -0.370 e. The lowest BCUT2D eigenvalue weighted by Gasteiger charge is -2.22. The Bertz CT molecular complexity index is 458. The molecule has 3 unspecified atom stereocenters. The minimum absolute atomic E-state index is 0.331. The molecule has 0 radical (unpaired) electrons. The van der Waals surface area contributed by atoms with Gasteiger partial charge in [-0.25, -0.2) is 4.98 Å². The normalized spacial score (nSPS) is 29.7. The fourth-order valence-electron chi connectivity index (χ4n) is 3.55. The molecule has 3 atom stereocenters. The number of hydrogen-bond acceptors (Lipinski definition) is 2. The van der Waals surface area contributed by atoms with Crippen LogP contribution in [0.15, 0.2) is 18.2 Å². The number of hydrogen-bond donors (Lipinski definition) is 1. The topological polar surface area (TPSA) is 24.9 Å². The number of nitrogens with one attached hydrogen (secondary N) is 1. The average molecular weight is 270 g/mol. The molecule has 1 aromatic rings. The van der Waals surface area contributed by atoms with Crippen LogP contribution in [0.4, 0.5) is 19.0 Å². The fourth-order valence-corrected chi connectivity index (χ4v) is 3.55. The van der Waals surface area contributed by atoms with Crippen molar-refractivity contribution < 1.29 is 13.2 Å². The molecule has 2 aliphatic carbocycles. The smallest absolute Gasteiger partial charge is 0.370 e. The molecule has 0 saturated heterocycles. The molecule has 2 aliphatic rings. The van der Waals surface area contributed by atoms with Gasteiger partial charge in [-0.05, 0) is 49.1 Å². The quantitative estimate of drug-likeness (QED) is 0.899. The molecule has 2 fully saturated rings. The minimum atomic E-state index is -4.37. The largest absolute Gasteiger partial charge is 0.433 e. The second-order valence-electron chi connectivity index (χ2n) is 5.72. The highest BCUT2D eigenvalue weighted by Crippen LogP contribution is 2.48. The van der Waals surface area contributed by atoms with Crippen LogP contribution in [-0.4, -0.2) is 11.5 Å². The first-order valence-corrected chi connectivity index (χ1v) is 6.80. The maximum atomic E-state index is 12.5. The number of aromatic nitrogens is 1. The van der Waals surface area contributed by atoms with E-state index >= 15 is 0 Å². The molecule has 2 nitrogen and oxygen atoms in total. The van der Waals surface area contributed by atoms with E-state index in [1.165, 1.54) is 31.7 Å². The lowest BCUT2D eigenvalue weighted by molar-refractivity contribution is -0.141. The zero-order chi connectivity index (χ0) is 13.5. The first-order chi connectivity index (χ1) is 9.02. The summed E-state index contributed by atoms with van der Waals surface area (Å²) in [7, 11) is 0. The first kappa shape index (κ1) is 12.8. The molecule has 2 bridgehead atoms. The summed E-state index contributed by atoms with van der Waals surface area (Å²) in [6.45, 7) is 0.746. The molecule has 104 valence electrons. The van der Waals surface area contributed by atoms with E-state index in [2.05, 4.69) is 10.3 Å². The van der Waals surface area contributed by atoms with Crippen molar-refractivity contribution in [1.29, 1.82) is 0 Å². The predicted octanol–water partition coefficient (Wildman–Crippen LogP) is 3.95. The summed E-state index contributed by atoms with van der Waals surface area (Å²) in [5, 5.41) is 3.07. The highest BCUT2D eigenvalue weighted by atomic mass is 19.4. The number of fused-ring (bicyclic) bond motifs is 2. The van der Waals surface area contributed by atoms with E-state index in [0.717, 1.165) is 24.4 Å². The van der Waals surface area contributed by atoms with Gasteiger partial charge >= 0.3 is 6.18 Å². The molecule has 1 N–H and O–H groups in total. The van der Waals surface area contributed by atoms with Gasteiger partial charge in [-0.2, -0.15) is 13.2 Å². The number of alkyl halides is 3. The van der Waals surface area contributed by atoms with Crippen molar-refractivity contribution in [2.24, 2.45) is 17.8 Å².